The van der Waals surface area contributed by atoms with Crippen LogP contribution in [0.3, 0.4) is 0 Å². The summed E-state index contributed by atoms with van der Waals surface area (Å²) in [6.45, 7) is 4.54. The van der Waals surface area contributed by atoms with Crippen LogP contribution >= 0.6 is 0 Å². The van der Waals surface area contributed by atoms with E-state index in [1.54, 1.807) is 49.2 Å². The highest BCUT2D eigenvalue weighted by Gasteiger charge is 2.25. The van der Waals surface area contributed by atoms with E-state index in [9.17, 15) is 13.6 Å². The summed E-state index contributed by atoms with van der Waals surface area (Å²) in [4.78, 5) is 30.2. The highest BCUT2D eigenvalue weighted by atomic mass is 19.3. The molecule has 0 spiro atoms. The van der Waals surface area contributed by atoms with Crippen LogP contribution in [0.4, 0.5) is 20.5 Å². The molecule has 0 unspecified atom stereocenters. The minimum absolute atomic E-state index is 0.130. The largest absolute Gasteiger partial charge is 0.378 e. The molecule has 1 saturated heterocycles. The van der Waals surface area contributed by atoms with Gasteiger partial charge < -0.3 is 19.9 Å². The zero-order chi connectivity index (χ0) is 27.4. The topological polar surface area (TPSA) is 88.4 Å². The Kier molecular flexibility index (Phi) is 7.97. The van der Waals surface area contributed by atoms with E-state index in [1.165, 1.54) is 4.57 Å². The number of alkyl halides is 2. The minimum atomic E-state index is -2.81. The molecule has 0 bridgehead atoms. The molecule has 0 saturated carbocycles. The van der Waals surface area contributed by atoms with E-state index in [4.69, 9.17) is 4.74 Å². The molecule has 11 heteroatoms. The van der Waals surface area contributed by atoms with Crippen LogP contribution in [0, 0.1) is 0 Å². The normalized spacial score (nSPS) is 14.5. The summed E-state index contributed by atoms with van der Waals surface area (Å²) < 4.78 is 35.0. The van der Waals surface area contributed by atoms with E-state index in [-0.39, 0.29) is 17.7 Å². The number of imidazole rings is 1. The number of rotatable bonds is 9. The first-order valence-corrected chi connectivity index (χ1v) is 12.9. The van der Waals surface area contributed by atoms with Gasteiger partial charge in [-0.3, -0.25) is 9.36 Å². The number of morpholine rings is 1. The van der Waals surface area contributed by atoms with E-state index in [0.29, 0.717) is 49.7 Å². The molecule has 204 valence electrons. The molecule has 1 fully saturated rings. The van der Waals surface area contributed by atoms with Gasteiger partial charge in [0.15, 0.2) is 5.82 Å². The number of para-hydroxylation sites is 2. The summed E-state index contributed by atoms with van der Waals surface area (Å²) in [5.41, 5.74) is 2.10. The summed E-state index contributed by atoms with van der Waals surface area (Å²) in [6.07, 6.45) is -2.08. The summed E-state index contributed by atoms with van der Waals surface area (Å²) in [6, 6.07) is 17.9. The Hall–Kier alpha value is -4.12. The van der Waals surface area contributed by atoms with Gasteiger partial charge in [-0.25, -0.2) is 13.8 Å². The first kappa shape index (κ1) is 26.5. The van der Waals surface area contributed by atoms with Crippen molar-refractivity contribution in [1.82, 2.24) is 24.4 Å². The van der Waals surface area contributed by atoms with Crippen molar-refractivity contribution in [2.75, 3.05) is 50.1 Å². The molecule has 1 N–H and O–H groups in total. The number of halogens is 2. The number of aromatic nitrogens is 4. The second-order valence-corrected chi connectivity index (χ2v) is 9.46. The number of nitrogens with one attached hydrogen (secondary N) is 1. The highest BCUT2D eigenvalue weighted by Crippen LogP contribution is 2.29. The van der Waals surface area contributed by atoms with Crippen molar-refractivity contribution in [3.05, 3.63) is 72.1 Å². The number of hydrogen-bond acceptors (Lipinski definition) is 7. The van der Waals surface area contributed by atoms with Crippen LogP contribution in [0.2, 0.25) is 0 Å². The number of likely N-dealkylation sites (N-methyl/N-ethyl adjacent to an activating group) is 1. The zero-order valence-electron chi connectivity index (χ0n) is 21.9. The van der Waals surface area contributed by atoms with Gasteiger partial charge in [-0.05, 0) is 31.0 Å². The van der Waals surface area contributed by atoms with Gasteiger partial charge in [-0.1, -0.05) is 42.5 Å². The first-order chi connectivity index (χ1) is 18.9. The van der Waals surface area contributed by atoms with E-state index < -0.39 is 18.3 Å². The van der Waals surface area contributed by atoms with Crippen LogP contribution in [0.15, 0.2) is 60.7 Å². The lowest BCUT2D eigenvalue weighted by Gasteiger charge is -2.29. The standard InChI is InChI=1S/C28H31F2N7O2/c1-19(27(38)35(2)13-12-20-8-4-3-5-9-20)31-28-33-23(36-14-16-39-17-15-36)18-24(34-28)37-22-11-7-6-10-21(22)32-26(37)25(29)30/h3-11,18-19,25H,12-17H2,1-2H3,(H,31,33,34)/t19-/m0/s1. The molecule has 1 aliphatic heterocycles. The van der Waals surface area contributed by atoms with Gasteiger partial charge >= 0.3 is 0 Å². The predicted molar refractivity (Wildman–Crippen MR) is 146 cm³/mol. The summed E-state index contributed by atoms with van der Waals surface area (Å²) in [7, 11) is 1.76. The van der Waals surface area contributed by atoms with Crippen LogP contribution < -0.4 is 10.2 Å². The molecular weight excluding hydrogens is 504 g/mol. The maximum Gasteiger partial charge on any atom is 0.296 e. The average molecular weight is 536 g/mol. The molecule has 1 atom stereocenters. The van der Waals surface area contributed by atoms with E-state index in [2.05, 4.69) is 20.3 Å². The van der Waals surface area contributed by atoms with Gasteiger partial charge in [0.1, 0.15) is 17.7 Å². The van der Waals surface area contributed by atoms with E-state index >= 15 is 0 Å². The molecule has 2 aromatic carbocycles. The third-order valence-electron chi connectivity index (χ3n) is 6.72. The number of nitrogens with zero attached hydrogens (tertiary/aromatic N) is 6. The number of carbonyl (C=O) groups excluding carboxylic acids is 1. The Morgan fingerprint density at radius 3 is 2.46 bits per heavy atom. The molecule has 9 nitrogen and oxygen atoms in total. The molecule has 2 aromatic heterocycles. The second kappa shape index (κ2) is 11.7. The van der Waals surface area contributed by atoms with Gasteiger partial charge in [0, 0.05) is 32.7 Å². The number of hydrogen-bond donors (Lipinski definition) is 1. The molecule has 4 aromatic rings. The quantitative estimate of drug-likeness (QED) is 0.345. The predicted octanol–water partition coefficient (Wildman–Crippen LogP) is 4.09. The van der Waals surface area contributed by atoms with Crippen molar-refractivity contribution < 1.29 is 18.3 Å². The molecule has 0 aliphatic carbocycles. The van der Waals surface area contributed by atoms with Crippen molar-refractivity contribution >= 4 is 28.7 Å². The van der Waals surface area contributed by atoms with Gasteiger partial charge in [0.25, 0.3) is 6.43 Å². The van der Waals surface area contributed by atoms with Crippen LogP contribution in [0.1, 0.15) is 24.7 Å². The number of amides is 1. The molecule has 5 rings (SSSR count). The minimum Gasteiger partial charge on any atom is -0.378 e. The fraction of sp³-hybridized carbons (Fsp3) is 0.357. The van der Waals surface area contributed by atoms with Crippen LogP contribution in [0.5, 0.6) is 0 Å². The first-order valence-electron chi connectivity index (χ1n) is 12.9. The molecule has 1 amide bonds. The van der Waals surface area contributed by atoms with Gasteiger partial charge in [0.2, 0.25) is 11.9 Å². The Morgan fingerprint density at radius 1 is 1.03 bits per heavy atom. The van der Waals surface area contributed by atoms with E-state index in [1.807, 2.05) is 35.2 Å². The van der Waals surface area contributed by atoms with Crippen molar-refractivity contribution in [2.45, 2.75) is 25.8 Å². The van der Waals surface area contributed by atoms with Crippen LogP contribution in [-0.2, 0) is 16.0 Å². The Balaban J connectivity index is 1.44. The summed E-state index contributed by atoms with van der Waals surface area (Å²) >= 11 is 0. The van der Waals surface area contributed by atoms with Gasteiger partial charge in [-0.15, -0.1) is 0 Å². The van der Waals surface area contributed by atoms with Crippen LogP contribution in [-0.4, -0.2) is 76.3 Å². The molecule has 39 heavy (non-hydrogen) atoms. The van der Waals surface area contributed by atoms with Gasteiger partial charge in [-0.2, -0.15) is 9.97 Å². The van der Waals surface area contributed by atoms with Crippen molar-refractivity contribution in [3.8, 4) is 5.82 Å². The fourth-order valence-corrected chi connectivity index (χ4v) is 4.62. The number of carbonyl (C=O) groups is 1. The molecule has 1 aliphatic rings. The van der Waals surface area contributed by atoms with Crippen molar-refractivity contribution in [2.24, 2.45) is 0 Å². The number of anilines is 2. The van der Waals surface area contributed by atoms with Crippen molar-refractivity contribution in [3.63, 3.8) is 0 Å². The molecular formula is C28H31F2N7O2. The molecule has 0 radical (unpaired) electrons. The van der Waals surface area contributed by atoms with Crippen molar-refractivity contribution in [1.29, 1.82) is 0 Å². The maximum absolute atomic E-state index is 14.1. The lowest BCUT2D eigenvalue weighted by Crippen LogP contribution is -2.40. The second-order valence-electron chi connectivity index (χ2n) is 9.46. The monoisotopic (exact) mass is 535 g/mol. The molecule has 3 heterocycles. The third-order valence-corrected chi connectivity index (χ3v) is 6.72. The third kappa shape index (κ3) is 5.98. The Labute approximate surface area is 225 Å². The van der Waals surface area contributed by atoms with E-state index in [0.717, 1.165) is 12.0 Å². The number of benzene rings is 2. The maximum atomic E-state index is 14.1. The fourth-order valence-electron chi connectivity index (χ4n) is 4.62. The smallest absolute Gasteiger partial charge is 0.296 e. The van der Waals surface area contributed by atoms with Crippen LogP contribution in [0.25, 0.3) is 16.9 Å². The summed E-state index contributed by atoms with van der Waals surface area (Å²) in [5.74, 6) is 0.438. The number of ether oxygens (including phenoxy) is 1. The average Bonchev–Trinajstić information content (AvgIpc) is 3.36. The Bertz CT molecular complexity index is 1420. The lowest BCUT2D eigenvalue weighted by molar-refractivity contribution is -0.130. The Morgan fingerprint density at radius 2 is 1.72 bits per heavy atom. The SMILES string of the molecule is C[C@H](Nc1nc(N2CCOCC2)cc(-n2c(C(F)F)nc3ccccc32)n1)C(=O)N(C)CCc1ccccc1. The summed E-state index contributed by atoms with van der Waals surface area (Å²) in [5, 5.41) is 3.11. The highest BCUT2D eigenvalue weighted by molar-refractivity contribution is 5.84. The number of fused-ring (bicyclic) bond motifs is 1. The zero-order valence-corrected chi connectivity index (χ0v) is 21.9. The van der Waals surface area contributed by atoms with Gasteiger partial charge in [0.05, 0.1) is 24.2 Å². The lowest BCUT2D eigenvalue weighted by atomic mass is 10.1.